The molecule has 1 amide bonds. The number of hydrogen-bond acceptors (Lipinski definition) is 10. The van der Waals surface area contributed by atoms with Gasteiger partial charge in [0.05, 0.1) is 31.1 Å². The molecule has 2 heterocycles. The van der Waals surface area contributed by atoms with Crippen LogP contribution in [0.15, 0.2) is 71.9 Å². The van der Waals surface area contributed by atoms with Gasteiger partial charge in [-0.05, 0) is 61.5 Å². The molecule has 0 radical (unpaired) electrons. The second-order valence-corrected chi connectivity index (χ2v) is 9.62. The second kappa shape index (κ2) is 14.0. The minimum Gasteiger partial charge on any atom is -0.469 e. The molecule has 1 unspecified atom stereocenters. The molecule has 13 nitrogen and oxygen atoms in total. The highest BCUT2D eigenvalue weighted by molar-refractivity contribution is 6.07. The van der Waals surface area contributed by atoms with E-state index in [1.54, 1.807) is 48.7 Å². The minimum atomic E-state index is -0.727. The Morgan fingerprint density at radius 3 is 2.51 bits per heavy atom. The SMILES string of the molecule is COC(=O)CCN(C(=O)c1ccc2c(c1)nc(CNc1ccc(/C(N)=N/COC(=O)C(C)N)cc1)n2C)c1ccccn1. The summed E-state index contributed by atoms with van der Waals surface area (Å²) >= 11 is 0. The van der Waals surface area contributed by atoms with E-state index in [1.165, 1.54) is 18.9 Å². The number of rotatable bonds is 12. The highest BCUT2D eigenvalue weighted by Crippen LogP contribution is 2.21. The van der Waals surface area contributed by atoms with E-state index in [4.69, 9.17) is 25.9 Å². The highest BCUT2D eigenvalue weighted by Gasteiger charge is 2.21. The zero-order chi connectivity index (χ0) is 30.9. The number of benzene rings is 2. The van der Waals surface area contributed by atoms with Gasteiger partial charge in [-0.3, -0.25) is 19.3 Å². The number of pyridine rings is 1. The number of hydrogen-bond donors (Lipinski definition) is 3. The number of amidine groups is 1. The van der Waals surface area contributed by atoms with E-state index in [9.17, 15) is 14.4 Å². The van der Waals surface area contributed by atoms with Crippen LogP contribution >= 0.6 is 0 Å². The van der Waals surface area contributed by atoms with Crippen molar-refractivity contribution in [3.63, 3.8) is 0 Å². The van der Waals surface area contributed by atoms with Gasteiger partial charge < -0.3 is 30.8 Å². The standard InChI is InChI=1S/C30H34N8O5/c1-19(31)30(41)43-18-35-28(32)20-7-10-22(11-8-20)34-17-26-36-23-16-21(9-12-24(23)37(26)2)29(40)38(15-13-27(39)42-3)25-6-4-5-14-33-25/h4-12,14,16,19,34H,13,15,17-18,31H2,1-3H3,(H2,32,35). The fourth-order valence-electron chi connectivity index (χ4n) is 4.16. The molecule has 5 N–H and O–H groups in total. The summed E-state index contributed by atoms with van der Waals surface area (Å²) in [4.78, 5) is 51.3. The number of esters is 2. The predicted octanol–water partition coefficient (Wildman–Crippen LogP) is 2.34. The third-order valence-electron chi connectivity index (χ3n) is 6.60. The zero-order valence-corrected chi connectivity index (χ0v) is 24.2. The smallest absolute Gasteiger partial charge is 0.324 e. The van der Waals surface area contributed by atoms with Crippen LogP contribution in [0.3, 0.4) is 0 Å². The Balaban J connectivity index is 1.44. The lowest BCUT2D eigenvalue weighted by Crippen LogP contribution is -2.33. The van der Waals surface area contributed by atoms with Gasteiger partial charge in [-0.1, -0.05) is 6.07 Å². The van der Waals surface area contributed by atoms with E-state index in [2.05, 4.69) is 15.3 Å². The van der Waals surface area contributed by atoms with Crippen molar-refractivity contribution < 1.29 is 23.9 Å². The fraction of sp³-hybridized carbons (Fsp3) is 0.267. The van der Waals surface area contributed by atoms with Crippen molar-refractivity contribution in [2.24, 2.45) is 23.5 Å². The number of nitrogens with two attached hydrogens (primary N) is 2. The van der Waals surface area contributed by atoms with Gasteiger partial charge in [0, 0.05) is 36.6 Å². The molecule has 0 aliphatic rings. The number of ether oxygens (including phenoxy) is 2. The van der Waals surface area contributed by atoms with Crippen LogP contribution in [0.2, 0.25) is 0 Å². The molecule has 2 aromatic carbocycles. The monoisotopic (exact) mass is 586 g/mol. The number of anilines is 2. The third-order valence-corrected chi connectivity index (χ3v) is 6.60. The maximum Gasteiger partial charge on any atom is 0.324 e. The average molecular weight is 587 g/mol. The first-order valence-electron chi connectivity index (χ1n) is 13.5. The fourth-order valence-corrected chi connectivity index (χ4v) is 4.16. The quantitative estimate of drug-likeness (QED) is 0.127. The molecule has 13 heteroatoms. The molecular weight excluding hydrogens is 552 g/mol. The van der Waals surface area contributed by atoms with E-state index in [1.807, 2.05) is 29.8 Å². The van der Waals surface area contributed by atoms with Gasteiger partial charge in [0.1, 0.15) is 23.5 Å². The molecular formula is C30H34N8O5. The molecule has 0 aliphatic heterocycles. The lowest BCUT2D eigenvalue weighted by Gasteiger charge is -2.21. The summed E-state index contributed by atoms with van der Waals surface area (Å²) in [6, 6.07) is 17.1. The molecule has 0 aliphatic carbocycles. The second-order valence-electron chi connectivity index (χ2n) is 9.62. The Bertz CT molecular complexity index is 1620. The van der Waals surface area contributed by atoms with Crippen LogP contribution in [0.1, 0.15) is 35.1 Å². The molecule has 0 fully saturated rings. The first kappa shape index (κ1) is 30.7. The number of aliphatic imine (C=N–C) groups is 1. The summed E-state index contributed by atoms with van der Waals surface area (Å²) < 4.78 is 11.6. The Hall–Kier alpha value is -5.30. The van der Waals surface area contributed by atoms with Crippen LogP contribution < -0.4 is 21.7 Å². The first-order chi connectivity index (χ1) is 20.7. The number of imidazole rings is 1. The predicted molar refractivity (Wildman–Crippen MR) is 162 cm³/mol. The normalized spacial score (nSPS) is 12.0. The van der Waals surface area contributed by atoms with E-state index < -0.39 is 18.0 Å². The van der Waals surface area contributed by atoms with Crippen LogP contribution in [-0.4, -0.2) is 64.6 Å². The summed E-state index contributed by atoms with van der Waals surface area (Å²) in [5, 5.41) is 3.33. The Labute approximate surface area is 248 Å². The molecule has 0 saturated heterocycles. The largest absolute Gasteiger partial charge is 0.469 e. The van der Waals surface area contributed by atoms with Crippen LogP contribution in [-0.2, 0) is 32.7 Å². The minimum absolute atomic E-state index is 0.0321. The van der Waals surface area contributed by atoms with Crippen LogP contribution in [0.5, 0.6) is 0 Å². The highest BCUT2D eigenvalue weighted by atomic mass is 16.5. The summed E-state index contributed by atoms with van der Waals surface area (Å²) in [5.74, 6) is 0.154. The summed E-state index contributed by atoms with van der Waals surface area (Å²) in [6.45, 7) is 1.86. The Morgan fingerprint density at radius 1 is 1.09 bits per heavy atom. The van der Waals surface area contributed by atoms with E-state index in [-0.39, 0.29) is 31.4 Å². The van der Waals surface area contributed by atoms with Gasteiger partial charge in [-0.15, -0.1) is 0 Å². The summed E-state index contributed by atoms with van der Waals surface area (Å²) in [6.07, 6.45) is 1.62. The van der Waals surface area contributed by atoms with E-state index in [0.29, 0.717) is 29.0 Å². The number of nitrogens with zero attached hydrogens (tertiary/aromatic N) is 5. The van der Waals surface area contributed by atoms with Crippen LogP contribution in [0.4, 0.5) is 11.5 Å². The molecule has 0 spiro atoms. The van der Waals surface area contributed by atoms with Gasteiger partial charge in [0.2, 0.25) is 0 Å². The van der Waals surface area contributed by atoms with Gasteiger partial charge in [-0.2, -0.15) is 0 Å². The maximum absolute atomic E-state index is 13.5. The first-order valence-corrected chi connectivity index (χ1v) is 13.5. The molecule has 0 bridgehead atoms. The van der Waals surface area contributed by atoms with Gasteiger partial charge in [0.25, 0.3) is 5.91 Å². The summed E-state index contributed by atoms with van der Waals surface area (Å²) in [7, 11) is 3.22. The van der Waals surface area contributed by atoms with Gasteiger partial charge in [-0.25, -0.2) is 15.0 Å². The number of aryl methyl sites for hydroxylation is 1. The number of carbonyl (C=O) groups excluding carboxylic acids is 3. The lowest BCUT2D eigenvalue weighted by atomic mass is 10.1. The van der Waals surface area contributed by atoms with E-state index >= 15 is 0 Å². The summed E-state index contributed by atoms with van der Waals surface area (Å²) in [5.41, 5.74) is 14.9. The maximum atomic E-state index is 13.5. The topological polar surface area (TPSA) is 180 Å². The van der Waals surface area contributed by atoms with Crippen molar-refractivity contribution in [1.82, 2.24) is 14.5 Å². The number of amides is 1. The van der Waals surface area contributed by atoms with E-state index in [0.717, 1.165) is 17.0 Å². The van der Waals surface area contributed by atoms with Gasteiger partial charge in [0.15, 0.2) is 6.73 Å². The van der Waals surface area contributed by atoms with Crippen LogP contribution in [0, 0.1) is 0 Å². The van der Waals surface area contributed by atoms with Crippen LogP contribution in [0.25, 0.3) is 11.0 Å². The number of nitrogens with one attached hydrogen (secondary N) is 1. The molecule has 1 atom stereocenters. The molecule has 2 aromatic heterocycles. The van der Waals surface area contributed by atoms with Crippen molar-refractivity contribution in [3.8, 4) is 0 Å². The van der Waals surface area contributed by atoms with Crippen molar-refractivity contribution in [3.05, 3.63) is 83.8 Å². The molecule has 0 saturated carbocycles. The number of carbonyl (C=O) groups is 3. The Kier molecular flexibility index (Phi) is 10.0. The van der Waals surface area contributed by atoms with Crippen molar-refractivity contribution in [2.75, 3.05) is 30.6 Å². The number of aromatic nitrogens is 3. The van der Waals surface area contributed by atoms with Crippen molar-refractivity contribution >= 4 is 46.2 Å². The molecule has 43 heavy (non-hydrogen) atoms. The number of methoxy groups -OCH3 is 1. The third kappa shape index (κ3) is 7.71. The van der Waals surface area contributed by atoms with Crippen molar-refractivity contribution in [1.29, 1.82) is 0 Å². The lowest BCUT2D eigenvalue weighted by molar-refractivity contribution is -0.144. The zero-order valence-electron chi connectivity index (χ0n) is 24.2. The van der Waals surface area contributed by atoms with Gasteiger partial charge >= 0.3 is 11.9 Å². The number of fused-ring (bicyclic) bond motifs is 1. The molecule has 224 valence electrons. The average Bonchev–Trinajstić information content (AvgIpc) is 3.34. The Morgan fingerprint density at radius 2 is 1.84 bits per heavy atom. The van der Waals surface area contributed by atoms with Crippen molar-refractivity contribution in [2.45, 2.75) is 25.9 Å². The molecule has 4 aromatic rings. The molecule has 4 rings (SSSR count).